The molecule has 142 valence electrons. The molecule has 1 aliphatic rings. The van der Waals surface area contributed by atoms with Crippen molar-refractivity contribution >= 4 is 17.4 Å². The average Bonchev–Trinajstić information content (AvgIpc) is 2.65. The van der Waals surface area contributed by atoms with Gasteiger partial charge in [0, 0.05) is 23.2 Å². The van der Waals surface area contributed by atoms with Gasteiger partial charge in [-0.05, 0) is 59.1 Å². The van der Waals surface area contributed by atoms with E-state index in [-0.39, 0.29) is 22.5 Å². The van der Waals surface area contributed by atoms with Crippen LogP contribution in [0.1, 0.15) is 85.7 Å². The van der Waals surface area contributed by atoms with E-state index < -0.39 is 0 Å². The lowest BCUT2D eigenvalue weighted by Crippen LogP contribution is -2.33. The summed E-state index contributed by atoms with van der Waals surface area (Å²) >= 11 is 0. The lowest BCUT2D eigenvalue weighted by Gasteiger charge is -2.42. The molecule has 2 aromatic rings. The summed E-state index contributed by atoms with van der Waals surface area (Å²) in [4.78, 5) is 24.4. The molecule has 0 radical (unpaired) electrons. The molecule has 0 aromatic heterocycles. The maximum Gasteiger partial charge on any atom is 0.255 e. The topological polar surface area (TPSA) is 46.2 Å². The van der Waals surface area contributed by atoms with Crippen LogP contribution in [0.5, 0.6) is 0 Å². The molecule has 0 unspecified atom stereocenters. The van der Waals surface area contributed by atoms with E-state index >= 15 is 0 Å². The van der Waals surface area contributed by atoms with Gasteiger partial charge in [-0.1, -0.05) is 52.8 Å². The van der Waals surface area contributed by atoms with E-state index in [0.717, 1.165) is 12.1 Å². The van der Waals surface area contributed by atoms with Crippen LogP contribution >= 0.6 is 0 Å². The van der Waals surface area contributed by atoms with Gasteiger partial charge in [0.1, 0.15) is 0 Å². The normalized spacial score (nSPS) is 17.1. The third kappa shape index (κ3) is 3.83. The summed E-state index contributed by atoms with van der Waals surface area (Å²) in [6.07, 6.45) is 2.77. The van der Waals surface area contributed by atoms with Crippen LogP contribution < -0.4 is 5.32 Å². The number of anilines is 1. The van der Waals surface area contributed by atoms with Crippen molar-refractivity contribution in [3.8, 4) is 0 Å². The minimum Gasteiger partial charge on any atom is -0.322 e. The number of fused-ring (bicyclic) bond motifs is 1. The van der Waals surface area contributed by atoms with Crippen LogP contribution in [-0.2, 0) is 10.8 Å². The van der Waals surface area contributed by atoms with Gasteiger partial charge in [0.05, 0.1) is 0 Å². The number of carbonyl (C=O) groups excluding carboxylic acids is 2. The van der Waals surface area contributed by atoms with Crippen molar-refractivity contribution in [1.82, 2.24) is 0 Å². The predicted molar refractivity (Wildman–Crippen MR) is 111 cm³/mol. The van der Waals surface area contributed by atoms with Crippen LogP contribution in [0.15, 0.2) is 42.5 Å². The van der Waals surface area contributed by atoms with E-state index in [0.29, 0.717) is 17.5 Å². The highest BCUT2D eigenvalue weighted by atomic mass is 16.1. The van der Waals surface area contributed by atoms with E-state index in [4.69, 9.17) is 0 Å². The molecule has 3 nitrogen and oxygen atoms in total. The summed E-state index contributed by atoms with van der Waals surface area (Å²) in [5.41, 5.74) is 4.98. The Morgan fingerprint density at radius 3 is 2.00 bits per heavy atom. The Morgan fingerprint density at radius 2 is 1.41 bits per heavy atom. The zero-order valence-corrected chi connectivity index (χ0v) is 17.0. The van der Waals surface area contributed by atoms with Crippen molar-refractivity contribution in [3.63, 3.8) is 0 Å². The van der Waals surface area contributed by atoms with Gasteiger partial charge < -0.3 is 5.32 Å². The Hall–Kier alpha value is -2.42. The van der Waals surface area contributed by atoms with Crippen molar-refractivity contribution in [3.05, 3.63) is 64.7 Å². The summed E-state index contributed by atoms with van der Waals surface area (Å²) < 4.78 is 0. The molecule has 3 rings (SSSR count). The van der Waals surface area contributed by atoms with Crippen LogP contribution in [0, 0.1) is 0 Å². The van der Waals surface area contributed by atoms with Crippen molar-refractivity contribution in [2.75, 3.05) is 5.32 Å². The van der Waals surface area contributed by atoms with Gasteiger partial charge in [-0.25, -0.2) is 0 Å². The first-order chi connectivity index (χ1) is 12.6. The van der Waals surface area contributed by atoms with Crippen LogP contribution in [0.4, 0.5) is 5.69 Å². The maximum atomic E-state index is 12.6. The third-order valence-corrected chi connectivity index (χ3v) is 5.90. The molecule has 0 atom stereocenters. The van der Waals surface area contributed by atoms with Crippen LogP contribution in [0.3, 0.4) is 0 Å². The van der Waals surface area contributed by atoms with E-state index in [1.165, 1.54) is 17.5 Å². The number of ketones is 1. The number of amides is 1. The van der Waals surface area contributed by atoms with E-state index in [9.17, 15) is 9.59 Å². The molecule has 2 aromatic carbocycles. The highest BCUT2D eigenvalue weighted by Gasteiger charge is 2.37. The first kappa shape index (κ1) is 19.3. The van der Waals surface area contributed by atoms with Crippen molar-refractivity contribution < 1.29 is 9.59 Å². The summed E-state index contributed by atoms with van der Waals surface area (Å²) in [6, 6.07) is 13.2. The molecule has 1 aliphatic carbocycles. The molecule has 1 N–H and O–H groups in total. The second-order valence-corrected chi connectivity index (χ2v) is 8.84. The fourth-order valence-corrected chi connectivity index (χ4v) is 3.88. The number of rotatable bonds is 4. The Bertz CT molecular complexity index is 876. The third-order valence-electron chi connectivity index (χ3n) is 5.90. The molecule has 0 saturated heterocycles. The Balaban J connectivity index is 1.84. The molecule has 0 fully saturated rings. The lowest BCUT2D eigenvalue weighted by molar-refractivity contribution is 0.0984. The van der Waals surface area contributed by atoms with E-state index in [1.807, 2.05) is 13.0 Å². The zero-order chi connectivity index (χ0) is 19.8. The monoisotopic (exact) mass is 363 g/mol. The van der Waals surface area contributed by atoms with Crippen molar-refractivity contribution in [2.45, 2.75) is 64.7 Å². The summed E-state index contributed by atoms with van der Waals surface area (Å²) in [5, 5.41) is 3.01. The molecule has 0 saturated carbocycles. The summed E-state index contributed by atoms with van der Waals surface area (Å²) in [7, 11) is 0. The second kappa shape index (κ2) is 6.95. The van der Waals surface area contributed by atoms with Gasteiger partial charge in [-0.3, -0.25) is 9.59 Å². The van der Waals surface area contributed by atoms with E-state index in [1.54, 1.807) is 24.3 Å². The maximum absolute atomic E-state index is 12.6. The molecule has 0 spiro atoms. The quantitative estimate of drug-likeness (QED) is 0.689. The lowest BCUT2D eigenvalue weighted by atomic mass is 9.63. The Morgan fingerprint density at radius 1 is 0.852 bits per heavy atom. The number of nitrogens with one attached hydrogen (secondary N) is 1. The second-order valence-electron chi connectivity index (χ2n) is 8.84. The smallest absolute Gasteiger partial charge is 0.255 e. The summed E-state index contributed by atoms with van der Waals surface area (Å²) in [6.45, 7) is 11.0. The van der Waals surface area contributed by atoms with Crippen LogP contribution in [-0.4, -0.2) is 11.7 Å². The highest BCUT2D eigenvalue weighted by molar-refractivity contribution is 6.05. The molecule has 0 heterocycles. The zero-order valence-electron chi connectivity index (χ0n) is 17.0. The molecular formula is C24H29NO2. The average molecular weight is 364 g/mol. The van der Waals surface area contributed by atoms with Crippen molar-refractivity contribution in [1.29, 1.82) is 0 Å². The van der Waals surface area contributed by atoms with Crippen molar-refractivity contribution in [2.24, 2.45) is 0 Å². The minimum atomic E-state index is -0.154. The summed E-state index contributed by atoms with van der Waals surface area (Å²) in [5.74, 6) is -0.0696. The number of hydrogen-bond donors (Lipinski definition) is 1. The van der Waals surface area contributed by atoms with E-state index in [2.05, 4.69) is 45.1 Å². The number of hydrogen-bond acceptors (Lipinski definition) is 2. The standard InChI is InChI=1S/C24H29NO2/c1-6-21(26)16-7-9-17(10-8-16)22(27)25-18-11-12-19-20(15-18)24(4,5)14-13-23(19,2)3/h7-12,15H,6,13-14H2,1-5H3,(H,25,27). The predicted octanol–water partition coefficient (Wildman–Crippen LogP) is 5.88. The Labute approximate surface area is 162 Å². The van der Waals surface area contributed by atoms with Gasteiger partial charge in [-0.2, -0.15) is 0 Å². The van der Waals surface area contributed by atoms with Gasteiger partial charge in [0.25, 0.3) is 5.91 Å². The number of benzene rings is 2. The number of Topliss-reactive ketones (excluding diaryl/α,β-unsaturated/α-hetero) is 1. The van der Waals surface area contributed by atoms with Crippen LogP contribution in [0.2, 0.25) is 0 Å². The van der Waals surface area contributed by atoms with Gasteiger partial charge >= 0.3 is 0 Å². The first-order valence-electron chi connectivity index (χ1n) is 9.74. The van der Waals surface area contributed by atoms with Gasteiger partial charge in [0.2, 0.25) is 0 Å². The highest BCUT2D eigenvalue weighted by Crippen LogP contribution is 2.46. The minimum absolute atomic E-state index is 0.0847. The molecule has 0 aliphatic heterocycles. The van der Waals surface area contributed by atoms with Gasteiger partial charge in [-0.15, -0.1) is 0 Å². The fourth-order valence-electron chi connectivity index (χ4n) is 3.88. The molecule has 3 heteroatoms. The number of carbonyl (C=O) groups is 2. The first-order valence-corrected chi connectivity index (χ1v) is 9.74. The molecular weight excluding hydrogens is 334 g/mol. The fraction of sp³-hybridized carbons (Fsp3) is 0.417. The molecule has 0 bridgehead atoms. The molecule has 27 heavy (non-hydrogen) atoms. The largest absolute Gasteiger partial charge is 0.322 e. The Kier molecular flexibility index (Phi) is 4.98. The molecule has 1 amide bonds. The van der Waals surface area contributed by atoms with Gasteiger partial charge in [0.15, 0.2) is 5.78 Å². The SMILES string of the molecule is CCC(=O)c1ccc(C(=O)Nc2ccc3c(c2)C(C)(C)CCC3(C)C)cc1. The van der Waals surface area contributed by atoms with Crippen LogP contribution in [0.25, 0.3) is 0 Å².